The van der Waals surface area contributed by atoms with Crippen LogP contribution in [-0.4, -0.2) is 62.4 Å². The van der Waals surface area contributed by atoms with E-state index in [0.29, 0.717) is 30.2 Å². The number of aromatic nitrogens is 1. The van der Waals surface area contributed by atoms with Gasteiger partial charge in [0.2, 0.25) is 10.0 Å². The number of amides is 2. The highest BCUT2D eigenvalue weighted by Gasteiger charge is 2.25. The summed E-state index contributed by atoms with van der Waals surface area (Å²) in [6.45, 7) is 0.908. The number of ether oxygens (including phenoxy) is 1. The van der Waals surface area contributed by atoms with Crippen molar-refractivity contribution in [2.45, 2.75) is 17.9 Å². The maximum Gasteiger partial charge on any atom is 0.409 e. The van der Waals surface area contributed by atoms with E-state index in [-0.39, 0.29) is 10.8 Å². The minimum absolute atomic E-state index is 0.113. The summed E-state index contributed by atoms with van der Waals surface area (Å²) in [7, 11) is 0.684. The lowest BCUT2D eigenvalue weighted by Crippen LogP contribution is -2.35. The van der Waals surface area contributed by atoms with Crippen molar-refractivity contribution in [3.63, 3.8) is 0 Å². The quantitative estimate of drug-likeness (QED) is 0.801. The molecule has 0 atom stereocenters. The summed E-state index contributed by atoms with van der Waals surface area (Å²) in [6, 6.07) is 5.70. The van der Waals surface area contributed by atoms with E-state index in [1.54, 1.807) is 4.90 Å². The Labute approximate surface area is 167 Å². The van der Waals surface area contributed by atoms with Crippen LogP contribution in [0.15, 0.2) is 29.2 Å². The minimum Gasteiger partial charge on any atom is -0.453 e. The van der Waals surface area contributed by atoms with E-state index < -0.39 is 16.1 Å². The number of carbonyl (C=O) groups is 2. The summed E-state index contributed by atoms with van der Waals surface area (Å²) < 4.78 is 30.0. The summed E-state index contributed by atoms with van der Waals surface area (Å²) in [6.07, 6.45) is 0.200. The number of thiazole rings is 1. The van der Waals surface area contributed by atoms with Crippen LogP contribution in [0.4, 0.5) is 9.93 Å². The van der Waals surface area contributed by atoms with Crippen molar-refractivity contribution < 1.29 is 22.7 Å². The van der Waals surface area contributed by atoms with E-state index >= 15 is 0 Å². The number of nitrogens with one attached hydrogen (secondary N) is 1. The van der Waals surface area contributed by atoms with Crippen molar-refractivity contribution in [3.8, 4) is 0 Å². The van der Waals surface area contributed by atoms with Crippen molar-refractivity contribution >= 4 is 38.5 Å². The van der Waals surface area contributed by atoms with Gasteiger partial charge in [0, 0.05) is 37.5 Å². The maximum absolute atomic E-state index is 12.5. The van der Waals surface area contributed by atoms with E-state index in [1.165, 1.54) is 56.8 Å². The molecule has 150 valence electrons. The Balaban J connectivity index is 1.71. The molecule has 0 fully saturated rings. The second-order valence-corrected chi connectivity index (χ2v) is 9.53. The highest BCUT2D eigenvalue weighted by molar-refractivity contribution is 7.89. The molecular weight excluding hydrogens is 404 g/mol. The topological polar surface area (TPSA) is 109 Å². The van der Waals surface area contributed by atoms with Gasteiger partial charge in [0.05, 0.1) is 24.2 Å². The standard InChI is InChI=1S/C17H20N4O5S2/c1-20(2)28(24,25)12-6-4-11(5-7-12)15(22)19-16-18-13-8-9-21(17(23)26-3)10-14(13)27-16/h4-7H,8-10H2,1-3H3,(H,18,19,22). The Bertz CT molecular complexity index is 999. The SMILES string of the molecule is COC(=O)N1CCc2nc(NC(=O)c3ccc(S(=O)(=O)N(C)C)cc3)sc2C1. The van der Waals surface area contributed by atoms with Gasteiger partial charge in [0.25, 0.3) is 5.91 Å². The molecule has 2 amide bonds. The number of hydrogen-bond acceptors (Lipinski definition) is 7. The molecule has 1 aliphatic rings. The van der Waals surface area contributed by atoms with Crippen LogP contribution >= 0.6 is 11.3 Å². The van der Waals surface area contributed by atoms with Gasteiger partial charge >= 0.3 is 6.09 Å². The number of benzene rings is 1. The van der Waals surface area contributed by atoms with E-state index in [4.69, 9.17) is 4.74 Å². The zero-order valence-electron chi connectivity index (χ0n) is 15.6. The average Bonchev–Trinajstić information content (AvgIpc) is 3.08. The summed E-state index contributed by atoms with van der Waals surface area (Å²) in [5.74, 6) is -0.385. The number of rotatable bonds is 4. The molecule has 2 heterocycles. The van der Waals surface area contributed by atoms with E-state index in [9.17, 15) is 18.0 Å². The third-order valence-electron chi connectivity index (χ3n) is 4.28. The Morgan fingerprint density at radius 2 is 1.93 bits per heavy atom. The van der Waals surface area contributed by atoms with Gasteiger partial charge in [-0.1, -0.05) is 11.3 Å². The number of methoxy groups -OCH3 is 1. The van der Waals surface area contributed by atoms with Gasteiger partial charge in [-0.3, -0.25) is 10.1 Å². The normalized spacial score (nSPS) is 13.9. The summed E-state index contributed by atoms with van der Waals surface area (Å²) in [5, 5.41) is 3.17. The second-order valence-electron chi connectivity index (χ2n) is 6.30. The summed E-state index contributed by atoms with van der Waals surface area (Å²) in [4.78, 5) is 31.1. The molecule has 0 unspecified atom stereocenters. The molecule has 0 saturated carbocycles. The highest BCUT2D eigenvalue weighted by Crippen LogP contribution is 2.29. The summed E-state index contributed by atoms with van der Waals surface area (Å²) in [5.41, 5.74) is 1.18. The van der Waals surface area contributed by atoms with Crippen molar-refractivity contribution in [2.75, 3.05) is 33.1 Å². The molecule has 1 N–H and O–H groups in total. The van der Waals surface area contributed by atoms with Crippen molar-refractivity contribution in [1.29, 1.82) is 0 Å². The number of anilines is 1. The molecule has 0 saturated heterocycles. The van der Waals surface area contributed by atoms with Crippen molar-refractivity contribution in [1.82, 2.24) is 14.2 Å². The first kappa shape index (κ1) is 20.2. The van der Waals surface area contributed by atoms with Gasteiger partial charge in [-0.05, 0) is 24.3 Å². The molecule has 1 aliphatic heterocycles. The van der Waals surface area contributed by atoms with E-state index in [1.807, 2.05) is 0 Å². The smallest absolute Gasteiger partial charge is 0.409 e. The summed E-state index contributed by atoms with van der Waals surface area (Å²) >= 11 is 1.31. The molecule has 0 aliphatic carbocycles. The Kier molecular flexibility index (Phi) is 5.68. The molecule has 1 aromatic heterocycles. The van der Waals surface area contributed by atoms with Gasteiger partial charge in [-0.25, -0.2) is 22.5 Å². The van der Waals surface area contributed by atoms with Gasteiger partial charge in [-0.2, -0.15) is 0 Å². The molecular formula is C17H20N4O5S2. The molecule has 0 radical (unpaired) electrons. The Morgan fingerprint density at radius 3 is 2.54 bits per heavy atom. The molecule has 0 bridgehead atoms. The molecule has 11 heteroatoms. The van der Waals surface area contributed by atoms with Gasteiger partial charge in [0.1, 0.15) is 0 Å². The van der Waals surface area contributed by atoms with Crippen LogP contribution in [0, 0.1) is 0 Å². The van der Waals surface area contributed by atoms with Crippen LogP contribution in [0.1, 0.15) is 20.9 Å². The second kappa shape index (κ2) is 7.86. The minimum atomic E-state index is -3.55. The Hall–Kier alpha value is -2.50. The van der Waals surface area contributed by atoms with Gasteiger partial charge < -0.3 is 9.64 Å². The van der Waals surface area contributed by atoms with Crippen LogP contribution in [-0.2, 0) is 27.7 Å². The largest absolute Gasteiger partial charge is 0.453 e. The third-order valence-corrected chi connectivity index (χ3v) is 7.11. The van der Waals surface area contributed by atoms with Crippen molar-refractivity contribution in [3.05, 3.63) is 40.4 Å². The van der Waals surface area contributed by atoms with Crippen LogP contribution in [0.3, 0.4) is 0 Å². The van der Waals surface area contributed by atoms with Crippen LogP contribution in [0.25, 0.3) is 0 Å². The molecule has 1 aromatic carbocycles. The van der Waals surface area contributed by atoms with E-state index in [2.05, 4.69) is 10.3 Å². The third kappa shape index (κ3) is 4.01. The maximum atomic E-state index is 12.5. The monoisotopic (exact) mass is 424 g/mol. The first-order valence-corrected chi connectivity index (χ1v) is 10.6. The fourth-order valence-corrected chi connectivity index (χ4v) is 4.61. The zero-order chi connectivity index (χ0) is 20.5. The molecule has 3 rings (SSSR count). The average molecular weight is 425 g/mol. The molecule has 2 aromatic rings. The first-order chi connectivity index (χ1) is 13.2. The van der Waals surface area contributed by atoms with Crippen molar-refractivity contribution in [2.24, 2.45) is 0 Å². The van der Waals surface area contributed by atoms with E-state index in [0.717, 1.165) is 14.9 Å². The highest BCUT2D eigenvalue weighted by atomic mass is 32.2. The Morgan fingerprint density at radius 1 is 1.25 bits per heavy atom. The first-order valence-electron chi connectivity index (χ1n) is 8.38. The number of fused-ring (bicyclic) bond motifs is 1. The van der Waals surface area contributed by atoms with Crippen LogP contribution in [0.5, 0.6) is 0 Å². The number of carbonyl (C=O) groups excluding carboxylic acids is 2. The van der Waals surface area contributed by atoms with Gasteiger partial charge in [-0.15, -0.1) is 0 Å². The fraction of sp³-hybridized carbons (Fsp3) is 0.353. The predicted octanol–water partition coefficient (Wildman–Crippen LogP) is 1.77. The van der Waals surface area contributed by atoms with Crippen LogP contribution in [0.2, 0.25) is 0 Å². The lowest BCUT2D eigenvalue weighted by Gasteiger charge is -2.24. The lowest BCUT2D eigenvalue weighted by atomic mass is 10.2. The number of sulfonamides is 1. The molecule has 9 nitrogen and oxygen atoms in total. The predicted molar refractivity (Wildman–Crippen MR) is 104 cm³/mol. The zero-order valence-corrected chi connectivity index (χ0v) is 17.3. The lowest BCUT2D eigenvalue weighted by molar-refractivity contribution is 0.102. The fourth-order valence-electron chi connectivity index (χ4n) is 2.69. The van der Waals surface area contributed by atoms with Gasteiger partial charge in [0.15, 0.2) is 5.13 Å². The number of nitrogens with zero attached hydrogens (tertiary/aromatic N) is 3. The van der Waals surface area contributed by atoms with Crippen LogP contribution < -0.4 is 5.32 Å². The molecule has 28 heavy (non-hydrogen) atoms. The molecule has 0 spiro atoms. The number of hydrogen-bond donors (Lipinski definition) is 1.